The second-order valence-electron chi connectivity index (χ2n) is 8.45. The number of hydrogen-bond acceptors (Lipinski definition) is 6. The van der Waals surface area contributed by atoms with Crippen LogP contribution in [0.5, 0.6) is 17.2 Å². The normalized spacial score (nSPS) is 14.6. The van der Waals surface area contributed by atoms with E-state index in [4.69, 9.17) is 14.2 Å². The first-order valence-corrected chi connectivity index (χ1v) is 11.6. The Hall–Kier alpha value is -3.75. The number of likely N-dealkylation sites (tertiary alicyclic amines) is 1. The maximum Gasteiger partial charge on any atom is 0.253 e. The molecule has 0 radical (unpaired) electrons. The minimum absolute atomic E-state index is 0.0572. The van der Waals surface area contributed by atoms with E-state index in [1.807, 2.05) is 6.07 Å². The molecule has 35 heavy (non-hydrogen) atoms. The number of hydrogen-bond donors (Lipinski definition) is 2. The Labute approximate surface area is 205 Å². The Balaban J connectivity index is 1.59. The predicted octanol–water partition coefficient (Wildman–Crippen LogP) is 2.18. The summed E-state index contributed by atoms with van der Waals surface area (Å²) in [5.41, 5.74) is 1.41. The smallest absolute Gasteiger partial charge is 0.253 e. The van der Waals surface area contributed by atoms with Crippen LogP contribution in [0.4, 0.5) is 0 Å². The Morgan fingerprint density at radius 1 is 0.971 bits per heavy atom. The van der Waals surface area contributed by atoms with Crippen molar-refractivity contribution in [2.75, 3.05) is 34.4 Å². The topological polar surface area (TPSA) is 106 Å². The molecule has 0 unspecified atom stereocenters. The molecule has 1 aliphatic heterocycles. The highest BCUT2D eigenvalue weighted by molar-refractivity contribution is 5.94. The summed E-state index contributed by atoms with van der Waals surface area (Å²) in [7, 11) is 4.67. The summed E-state index contributed by atoms with van der Waals surface area (Å²) < 4.78 is 15.8. The van der Waals surface area contributed by atoms with Gasteiger partial charge in [0.15, 0.2) is 11.5 Å². The van der Waals surface area contributed by atoms with Gasteiger partial charge in [0.2, 0.25) is 11.8 Å². The van der Waals surface area contributed by atoms with Crippen molar-refractivity contribution in [2.45, 2.75) is 38.3 Å². The Morgan fingerprint density at radius 2 is 1.69 bits per heavy atom. The van der Waals surface area contributed by atoms with Crippen molar-refractivity contribution in [2.24, 2.45) is 0 Å². The number of piperidine rings is 1. The fourth-order valence-electron chi connectivity index (χ4n) is 4.17. The molecule has 0 aromatic heterocycles. The maximum absolute atomic E-state index is 13.1. The summed E-state index contributed by atoms with van der Waals surface area (Å²) in [6, 6.07) is 11.7. The minimum atomic E-state index is -0.734. The zero-order valence-corrected chi connectivity index (χ0v) is 20.6. The van der Waals surface area contributed by atoms with E-state index in [0.29, 0.717) is 55.2 Å². The zero-order chi connectivity index (χ0) is 25.4. The second-order valence-corrected chi connectivity index (χ2v) is 8.45. The van der Waals surface area contributed by atoms with Gasteiger partial charge < -0.3 is 29.7 Å². The van der Waals surface area contributed by atoms with Gasteiger partial charge in [-0.25, -0.2) is 0 Å². The molecule has 0 aliphatic carbocycles. The molecule has 1 heterocycles. The molecule has 9 heteroatoms. The molecule has 1 fully saturated rings. The molecule has 1 saturated heterocycles. The van der Waals surface area contributed by atoms with Gasteiger partial charge in [0.1, 0.15) is 11.8 Å². The SMILES string of the molecule is COc1cccc(C(=O)N2CCC(NC(=O)[C@H](Cc3ccc(OC)c(OC)c3)NC(C)=O)CC2)c1. The van der Waals surface area contributed by atoms with Crippen LogP contribution in [0.25, 0.3) is 0 Å². The minimum Gasteiger partial charge on any atom is -0.497 e. The standard InChI is InChI=1S/C26H33N3O6/c1-17(30)27-22(14-18-8-9-23(34-3)24(15-18)35-4)25(31)28-20-10-12-29(13-11-20)26(32)19-6-5-7-21(16-19)33-2/h5-9,15-16,20,22H,10-14H2,1-4H3,(H,27,30)(H,28,31)/t22-/m0/s1. The summed E-state index contributed by atoms with van der Waals surface area (Å²) in [6.07, 6.45) is 1.56. The molecule has 2 N–H and O–H groups in total. The highest BCUT2D eigenvalue weighted by Gasteiger charge is 2.28. The van der Waals surface area contributed by atoms with E-state index in [1.54, 1.807) is 62.6 Å². The Bertz CT molecular complexity index is 1050. The molecular weight excluding hydrogens is 450 g/mol. The van der Waals surface area contributed by atoms with Crippen molar-refractivity contribution in [3.8, 4) is 17.2 Å². The number of nitrogens with zero attached hydrogens (tertiary/aromatic N) is 1. The van der Waals surface area contributed by atoms with E-state index in [2.05, 4.69) is 10.6 Å². The summed E-state index contributed by atoms with van der Waals surface area (Å²) in [4.78, 5) is 39.5. The molecule has 0 saturated carbocycles. The van der Waals surface area contributed by atoms with Crippen LogP contribution in [0, 0.1) is 0 Å². The number of carbonyl (C=O) groups excluding carboxylic acids is 3. The highest BCUT2D eigenvalue weighted by Crippen LogP contribution is 2.28. The van der Waals surface area contributed by atoms with Gasteiger partial charge in [-0.15, -0.1) is 0 Å². The van der Waals surface area contributed by atoms with Crippen LogP contribution >= 0.6 is 0 Å². The van der Waals surface area contributed by atoms with Crippen molar-refractivity contribution in [1.29, 1.82) is 0 Å². The maximum atomic E-state index is 13.1. The van der Waals surface area contributed by atoms with Gasteiger partial charge in [-0.05, 0) is 48.7 Å². The van der Waals surface area contributed by atoms with Gasteiger partial charge in [0.05, 0.1) is 21.3 Å². The summed E-state index contributed by atoms with van der Waals surface area (Å²) >= 11 is 0. The van der Waals surface area contributed by atoms with E-state index >= 15 is 0 Å². The number of benzene rings is 2. The first-order valence-electron chi connectivity index (χ1n) is 11.6. The summed E-state index contributed by atoms with van der Waals surface area (Å²) in [5.74, 6) is 1.18. The lowest BCUT2D eigenvalue weighted by atomic mass is 10.0. The van der Waals surface area contributed by atoms with Crippen LogP contribution in [0.3, 0.4) is 0 Å². The fraction of sp³-hybridized carbons (Fsp3) is 0.423. The van der Waals surface area contributed by atoms with Crippen LogP contribution in [0.1, 0.15) is 35.7 Å². The van der Waals surface area contributed by atoms with Crippen LogP contribution in [-0.4, -0.2) is 69.1 Å². The Morgan fingerprint density at radius 3 is 2.31 bits per heavy atom. The third-order valence-corrected chi connectivity index (χ3v) is 6.03. The third kappa shape index (κ3) is 6.88. The van der Waals surface area contributed by atoms with Crippen molar-refractivity contribution in [3.63, 3.8) is 0 Å². The fourth-order valence-corrected chi connectivity index (χ4v) is 4.17. The lowest BCUT2D eigenvalue weighted by Gasteiger charge is -2.33. The summed E-state index contributed by atoms with van der Waals surface area (Å²) in [6.45, 7) is 2.44. The number of ether oxygens (including phenoxy) is 3. The van der Waals surface area contributed by atoms with Crippen molar-refractivity contribution < 1.29 is 28.6 Å². The molecule has 0 bridgehead atoms. The molecule has 1 atom stereocenters. The van der Waals surface area contributed by atoms with Gasteiger partial charge in [-0.1, -0.05) is 12.1 Å². The summed E-state index contributed by atoms with van der Waals surface area (Å²) in [5, 5.41) is 5.79. The van der Waals surface area contributed by atoms with E-state index in [-0.39, 0.29) is 23.8 Å². The molecule has 9 nitrogen and oxygen atoms in total. The average molecular weight is 484 g/mol. The third-order valence-electron chi connectivity index (χ3n) is 6.03. The van der Waals surface area contributed by atoms with Gasteiger partial charge in [-0.3, -0.25) is 14.4 Å². The average Bonchev–Trinajstić information content (AvgIpc) is 2.88. The van der Waals surface area contributed by atoms with Crippen molar-refractivity contribution in [3.05, 3.63) is 53.6 Å². The second kappa shape index (κ2) is 12.1. The molecule has 2 aromatic carbocycles. The van der Waals surface area contributed by atoms with Crippen molar-refractivity contribution in [1.82, 2.24) is 15.5 Å². The monoisotopic (exact) mass is 483 g/mol. The van der Waals surface area contributed by atoms with Crippen LogP contribution < -0.4 is 24.8 Å². The van der Waals surface area contributed by atoms with Crippen LogP contribution in [0.15, 0.2) is 42.5 Å². The van der Waals surface area contributed by atoms with E-state index in [1.165, 1.54) is 6.92 Å². The first kappa shape index (κ1) is 25.9. The number of nitrogens with one attached hydrogen (secondary N) is 2. The van der Waals surface area contributed by atoms with Crippen LogP contribution in [0.2, 0.25) is 0 Å². The van der Waals surface area contributed by atoms with Gasteiger partial charge in [0.25, 0.3) is 5.91 Å². The lowest BCUT2D eigenvalue weighted by Crippen LogP contribution is -2.53. The molecule has 188 valence electrons. The zero-order valence-electron chi connectivity index (χ0n) is 20.6. The van der Waals surface area contributed by atoms with Gasteiger partial charge in [0, 0.05) is 38.0 Å². The Kier molecular flexibility index (Phi) is 8.94. The molecule has 0 spiro atoms. The number of amides is 3. The molecule has 3 rings (SSSR count). The predicted molar refractivity (Wildman–Crippen MR) is 131 cm³/mol. The number of carbonyl (C=O) groups is 3. The highest BCUT2D eigenvalue weighted by atomic mass is 16.5. The quantitative estimate of drug-likeness (QED) is 0.566. The number of rotatable bonds is 9. The van der Waals surface area contributed by atoms with E-state index in [0.717, 1.165) is 5.56 Å². The lowest BCUT2D eigenvalue weighted by molar-refractivity contribution is -0.128. The van der Waals surface area contributed by atoms with Gasteiger partial charge >= 0.3 is 0 Å². The largest absolute Gasteiger partial charge is 0.497 e. The molecule has 1 aliphatic rings. The van der Waals surface area contributed by atoms with Crippen LogP contribution in [-0.2, 0) is 16.0 Å². The number of methoxy groups -OCH3 is 3. The van der Waals surface area contributed by atoms with E-state index < -0.39 is 6.04 Å². The van der Waals surface area contributed by atoms with Gasteiger partial charge in [-0.2, -0.15) is 0 Å². The molecule has 3 amide bonds. The molecular formula is C26H33N3O6. The molecule has 2 aromatic rings. The van der Waals surface area contributed by atoms with E-state index in [9.17, 15) is 14.4 Å². The van der Waals surface area contributed by atoms with Crippen molar-refractivity contribution >= 4 is 17.7 Å². The first-order chi connectivity index (χ1) is 16.8.